The SMILES string of the molecule is CCCC(Nc1nccn1C1CCCCC1)c1cccs1. The van der Waals surface area contributed by atoms with Crippen molar-refractivity contribution in [2.24, 2.45) is 0 Å². The number of nitrogens with zero attached hydrogens (tertiary/aromatic N) is 2. The van der Waals surface area contributed by atoms with Crippen molar-refractivity contribution in [3.05, 3.63) is 34.8 Å². The van der Waals surface area contributed by atoms with Crippen LogP contribution in [0.15, 0.2) is 29.9 Å². The standard InChI is InChI=1S/C17H25N3S/c1-2-7-15(16-10-6-13-21-16)19-17-18-11-12-20(17)14-8-4-3-5-9-14/h6,10-15H,2-5,7-9H2,1H3,(H,18,19). The van der Waals surface area contributed by atoms with Crippen molar-refractivity contribution < 1.29 is 0 Å². The Morgan fingerprint density at radius 1 is 1.38 bits per heavy atom. The molecule has 3 rings (SSSR count). The van der Waals surface area contributed by atoms with Crippen LogP contribution in [0.25, 0.3) is 0 Å². The molecule has 0 spiro atoms. The molecule has 1 aliphatic carbocycles. The third kappa shape index (κ3) is 3.49. The van der Waals surface area contributed by atoms with Gasteiger partial charge in [-0.15, -0.1) is 11.3 Å². The molecule has 1 atom stereocenters. The number of thiophene rings is 1. The molecule has 1 saturated carbocycles. The van der Waals surface area contributed by atoms with Crippen molar-refractivity contribution in [1.82, 2.24) is 9.55 Å². The molecule has 1 unspecified atom stereocenters. The zero-order valence-electron chi connectivity index (χ0n) is 12.8. The highest BCUT2D eigenvalue weighted by Crippen LogP contribution is 2.32. The molecule has 2 aromatic heterocycles. The normalized spacial score (nSPS) is 17.8. The number of aromatic nitrogens is 2. The summed E-state index contributed by atoms with van der Waals surface area (Å²) in [6.07, 6.45) is 13.1. The number of anilines is 1. The van der Waals surface area contributed by atoms with Crippen LogP contribution >= 0.6 is 11.3 Å². The maximum absolute atomic E-state index is 4.58. The van der Waals surface area contributed by atoms with Crippen molar-refractivity contribution in [1.29, 1.82) is 0 Å². The van der Waals surface area contributed by atoms with E-state index in [4.69, 9.17) is 0 Å². The van der Waals surface area contributed by atoms with Crippen LogP contribution < -0.4 is 5.32 Å². The molecule has 0 aromatic carbocycles. The van der Waals surface area contributed by atoms with E-state index >= 15 is 0 Å². The Morgan fingerprint density at radius 2 is 2.24 bits per heavy atom. The molecule has 2 aromatic rings. The number of hydrogen-bond donors (Lipinski definition) is 1. The molecule has 21 heavy (non-hydrogen) atoms. The number of imidazole rings is 1. The first-order chi connectivity index (χ1) is 10.4. The molecule has 0 bridgehead atoms. The Hall–Kier alpha value is -1.29. The van der Waals surface area contributed by atoms with Gasteiger partial charge in [-0.25, -0.2) is 4.98 Å². The molecule has 0 saturated heterocycles. The second kappa shape index (κ2) is 7.12. The van der Waals surface area contributed by atoms with Gasteiger partial charge in [0, 0.05) is 23.3 Å². The third-order valence-electron chi connectivity index (χ3n) is 4.40. The lowest BCUT2D eigenvalue weighted by atomic mass is 9.95. The van der Waals surface area contributed by atoms with Gasteiger partial charge in [0.05, 0.1) is 6.04 Å². The first kappa shape index (κ1) is 14.6. The van der Waals surface area contributed by atoms with Crippen LogP contribution in [0.4, 0.5) is 5.95 Å². The summed E-state index contributed by atoms with van der Waals surface area (Å²) in [5.74, 6) is 1.05. The predicted octanol–water partition coefficient (Wildman–Crippen LogP) is 5.40. The van der Waals surface area contributed by atoms with E-state index in [0.29, 0.717) is 12.1 Å². The monoisotopic (exact) mass is 303 g/mol. The van der Waals surface area contributed by atoms with Crippen LogP contribution in [0.2, 0.25) is 0 Å². The molecule has 0 amide bonds. The molecular weight excluding hydrogens is 278 g/mol. The van der Waals surface area contributed by atoms with E-state index in [9.17, 15) is 0 Å². The molecule has 1 N–H and O–H groups in total. The summed E-state index contributed by atoms with van der Waals surface area (Å²) in [5.41, 5.74) is 0. The first-order valence-electron chi connectivity index (χ1n) is 8.21. The highest BCUT2D eigenvalue weighted by atomic mass is 32.1. The Balaban J connectivity index is 1.75. The minimum absolute atomic E-state index is 0.389. The van der Waals surface area contributed by atoms with Crippen molar-refractivity contribution >= 4 is 17.3 Å². The highest BCUT2D eigenvalue weighted by molar-refractivity contribution is 7.10. The fourth-order valence-electron chi connectivity index (χ4n) is 3.30. The largest absolute Gasteiger partial charge is 0.348 e. The Morgan fingerprint density at radius 3 is 2.95 bits per heavy atom. The zero-order chi connectivity index (χ0) is 14.5. The molecule has 3 nitrogen and oxygen atoms in total. The van der Waals surface area contributed by atoms with Crippen LogP contribution in [-0.4, -0.2) is 9.55 Å². The van der Waals surface area contributed by atoms with E-state index in [0.717, 1.165) is 12.4 Å². The molecule has 0 aliphatic heterocycles. The minimum Gasteiger partial charge on any atom is -0.348 e. The molecule has 0 radical (unpaired) electrons. The fourth-order valence-corrected chi connectivity index (χ4v) is 4.11. The van der Waals surface area contributed by atoms with Gasteiger partial charge in [-0.1, -0.05) is 38.7 Å². The molecule has 1 aliphatic rings. The summed E-state index contributed by atoms with van der Waals surface area (Å²) in [5, 5.41) is 5.85. The lowest BCUT2D eigenvalue weighted by Crippen LogP contribution is -2.18. The van der Waals surface area contributed by atoms with Crippen molar-refractivity contribution in [3.63, 3.8) is 0 Å². The number of rotatable bonds is 6. The van der Waals surface area contributed by atoms with Gasteiger partial charge >= 0.3 is 0 Å². The van der Waals surface area contributed by atoms with E-state index in [2.05, 4.69) is 45.5 Å². The van der Waals surface area contributed by atoms with Crippen molar-refractivity contribution in [3.8, 4) is 0 Å². The van der Waals surface area contributed by atoms with Gasteiger partial charge in [0.1, 0.15) is 0 Å². The van der Waals surface area contributed by atoms with Gasteiger partial charge in [-0.05, 0) is 30.7 Å². The first-order valence-corrected chi connectivity index (χ1v) is 9.09. The quantitative estimate of drug-likeness (QED) is 0.774. The van der Waals surface area contributed by atoms with E-state index in [1.165, 1.54) is 43.4 Å². The summed E-state index contributed by atoms with van der Waals surface area (Å²) in [6, 6.07) is 5.39. The summed E-state index contributed by atoms with van der Waals surface area (Å²) >= 11 is 1.83. The molecular formula is C17H25N3S. The van der Waals surface area contributed by atoms with E-state index in [-0.39, 0.29) is 0 Å². The van der Waals surface area contributed by atoms with Crippen LogP contribution in [-0.2, 0) is 0 Å². The zero-order valence-corrected chi connectivity index (χ0v) is 13.6. The fraction of sp³-hybridized carbons (Fsp3) is 0.588. The lowest BCUT2D eigenvalue weighted by Gasteiger charge is -2.26. The second-order valence-electron chi connectivity index (χ2n) is 5.95. The molecule has 2 heterocycles. The summed E-state index contributed by atoms with van der Waals surface area (Å²) in [4.78, 5) is 5.99. The molecule has 114 valence electrons. The maximum atomic E-state index is 4.58. The lowest BCUT2D eigenvalue weighted by molar-refractivity contribution is 0.355. The minimum atomic E-state index is 0.389. The Bertz CT molecular complexity index is 526. The average Bonchev–Trinajstić information content (AvgIpc) is 3.19. The van der Waals surface area contributed by atoms with Crippen LogP contribution in [0.3, 0.4) is 0 Å². The van der Waals surface area contributed by atoms with E-state index in [1.807, 2.05) is 17.5 Å². The topological polar surface area (TPSA) is 29.9 Å². The number of hydrogen-bond acceptors (Lipinski definition) is 3. The summed E-state index contributed by atoms with van der Waals surface area (Å²) in [6.45, 7) is 2.25. The van der Waals surface area contributed by atoms with Gasteiger partial charge in [-0.2, -0.15) is 0 Å². The van der Waals surface area contributed by atoms with Gasteiger partial charge in [0.15, 0.2) is 0 Å². The molecule has 1 fully saturated rings. The summed E-state index contributed by atoms with van der Waals surface area (Å²) < 4.78 is 2.37. The summed E-state index contributed by atoms with van der Waals surface area (Å²) in [7, 11) is 0. The van der Waals surface area contributed by atoms with E-state index in [1.54, 1.807) is 0 Å². The van der Waals surface area contributed by atoms with Crippen LogP contribution in [0, 0.1) is 0 Å². The van der Waals surface area contributed by atoms with Crippen LogP contribution in [0.5, 0.6) is 0 Å². The third-order valence-corrected chi connectivity index (χ3v) is 5.39. The molecule has 4 heteroatoms. The van der Waals surface area contributed by atoms with Crippen LogP contribution in [0.1, 0.15) is 68.8 Å². The number of nitrogens with one attached hydrogen (secondary N) is 1. The van der Waals surface area contributed by atoms with Gasteiger partial charge in [0.25, 0.3) is 0 Å². The maximum Gasteiger partial charge on any atom is 0.203 e. The van der Waals surface area contributed by atoms with Gasteiger partial charge < -0.3 is 9.88 Å². The smallest absolute Gasteiger partial charge is 0.203 e. The van der Waals surface area contributed by atoms with Gasteiger partial charge in [0.2, 0.25) is 5.95 Å². The van der Waals surface area contributed by atoms with E-state index < -0.39 is 0 Å². The van der Waals surface area contributed by atoms with Crippen molar-refractivity contribution in [2.75, 3.05) is 5.32 Å². The van der Waals surface area contributed by atoms with Gasteiger partial charge in [-0.3, -0.25) is 0 Å². The average molecular weight is 303 g/mol. The van der Waals surface area contributed by atoms with Crippen molar-refractivity contribution in [2.45, 2.75) is 64.0 Å². The second-order valence-corrected chi connectivity index (χ2v) is 6.93. The Labute approximate surface area is 131 Å². The predicted molar refractivity (Wildman–Crippen MR) is 89.9 cm³/mol. The highest BCUT2D eigenvalue weighted by Gasteiger charge is 2.20. The Kier molecular flexibility index (Phi) is 4.96.